The van der Waals surface area contributed by atoms with Gasteiger partial charge in [0.05, 0.1) is 7.11 Å². The van der Waals surface area contributed by atoms with Crippen LogP contribution in [0.2, 0.25) is 0 Å². The number of carbonyl (C=O) groups is 1. The molecule has 0 aliphatic heterocycles. The highest BCUT2D eigenvalue weighted by atomic mass is 16.5. The molecule has 0 saturated carbocycles. The number of aryl methyl sites for hydroxylation is 2. The third-order valence-corrected chi connectivity index (χ3v) is 4.78. The normalized spacial score (nSPS) is 10.7. The van der Waals surface area contributed by atoms with Crippen LogP contribution in [0.5, 0.6) is 5.75 Å². The number of aromatic nitrogens is 1. The minimum atomic E-state index is 0.0346. The first-order valence-electron chi connectivity index (χ1n) is 9.08. The third-order valence-electron chi connectivity index (χ3n) is 4.78. The molecule has 1 heterocycles. The van der Waals surface area contributed by atoms with E-state index in [1.165, 1.54) is 0 Å². The minimum absolute atomic E-state index is 0.0346. The quantitative estimate of drug-likeness (QED) is 0.650. The minimum Gasteiger partial charge on any atom is -0.497 e. The van der Waals surface area contributed by atoms with Gasteiger partial charge in [0.2, 0.25) is 0 Å². The van der Waals surface area contributed by atoms with Crippen molar-refractivity contribution < 1.29 is 9.53 Å². The summed E-state index contributed by atoms with van der Waals surface area (Å²) >= 11 is 0. The van der Waals surface area contributed by atoms with Crippen LogP contribution in [0.15, 0.2) is 60.7 Å². The van der Waals surface area contributed by atoms with E-state index in [1.807, 2.05) is 69.4 Å². The fraction of sp³-hybridized carbons (Fsp3) is 0.261. The summed E-state index contributed by atoms with van der Waals surface area (Å²) < 4.78 is 7.42. The van der Waals surface area contributed by atoms with Crippen LogP contribution < -0.4 is 4.74 Å². The molecular weight excluding hydrogens is 336 g/mol. The number of amides is 1. The molecule has 4 heteroatoms. The molecule has 0 N–H and O–H groups in total. The van der Waals surface area contributed by atoms with Crippen LogP contribution in [0.3, 0.4) is 0 Å². The molecule has 2 aromatic carbocycles. The van der Waals surface area contributed by atoms with Crippen LogP contribution in [0.1, 0.15) is 32.9 Å². The van der Waals surface area contributed by atoms with Gasteiger partial charge in [-0.3, -0.25) is 4.79 Å². The summed E-state index contributed by atoms with van der Waals surface area (Å²) in [6.07, 6.45) is 0. The van der Waals surface area contributed by atoms with Crippen molar-refractivity contribution in [3.05, 3.63) is 88.7 Å². The SMILES string of the molecule is COc1cccc(Cn2c(C)cc(C)c2C(=O)N(C)Cc2ccccc2)c1. The second-order valence-electron chi connectivity index (χ2n) is 6.90. The Morgan fingerprint density at radius 2 is 1.70 bits per heavy atom. The van der Waals surface area contributed by atoms with E-state index >= 15 is 0 Å². The molecule has 0 unspecified atom stereocenters. The first-order valence-corrected chi connectivity index (χ1v) is 9.08. The Balaban J connectivity index is 1.87. The van der Waals surface area contributed by atoms with Crippen molar-refractivity contribution in [1.82, 2.24) is 9.47 Å². The Kier molecular flexibility index (Phi) is 5.65. The fourth-order valence-electron chi connectivity index (χ4n) is 3.40. The van der Waals surface area contributed by atoms with Gasteiger partial charge in [-0.25, -0.2) is 0 Å². The molecule has 27 heavy (non-hydrogen) atoms. The molecule has 0 fully saturated rings. The van der Waals surface area contributed by atoms with Crippen molar-refractivity contribution in [2.24, 2.45) is 0 Å². The topological polar surface area (TPSA) is 34.5 Å². The molecule has 1 aromatic heterocycles. The van der Waals surface area contributed by atoms with E-state index in [4.69, 9.17) is 4.74 Å². The number of carbonyl (C=O) groups excluding carboxylic acids is 1. The first kappa shape index (κ1) is 18.8. The van der Waals surface area contributed by atoms with Gasteiger partial charge in [0.1, 0.15) is 11.4 Å². The number of rotatable bonds is 6. The van der Waals surface area contributed by atoms with Gasteiger partial charge < -0.3 is 14.2 Å². The van der Waals surface area contributed by atoms with Gasteiger partial charge in [0.25, 0.3) is 5.91 Å². The Morgan fingerprint density at radius 3 is 2.41 bits per heavy atom. The van der Waals surface area contributed by atoms with E-state index in [-0.39, 0.29) is 5.91 Å². The molecule has 0 atom stereocenters. The summed E-state index contributed by atoms with van der Waals surface area (Å²) in [6.45, 7) is 5.26. The smallest absolute Gasteiger partial charge is 0.270 e. The van der Waals surface area contributed by atoms with Crippen LogP contribution in [0.25, 0.3) is 0 Å². The van der Waals surface area contributed by atoms with Gasteiger partial charge in [-0.2, -0.15) is 0 Å². The van der Waals surface area contributed by atoms with Crippen molar-refractivity contribution >= 4 is 5.91 Å². The highest BCUT2D eigenvalue weighted by Crippen LogP contribution is 2.21. The number of ether oxygens (including phenoxy) is 1. The molecule has 4 nitrogen and oxygen atoms in total. The number of methoxy groups -OCH3 is 1. The van der Waals surface area contributed by atoms with E-state index in [0.717, 1.165) is 33.8 Å². The van der Waals surface area contributed by atoms with Crippen molar-refractivity contribution in [3.63, 3.8) is 0 Å². The van der Waals surface area contributed by atoms with Gasteiger partial charge in [0.15, 0.2) is 0 Å². The van der Waals surface area contributed by atoms with E-state index in [9.17, 15) is 4.79 Å². The lowest BCUT2D eigenvalue weighted by molar-refractivity contribution is 0.0774. The Morgan fingerprint density at radius 1 is 1.00 bits per heavy atom. The highest BCUT2D eigenvalue weighted by Gasteiger charge is 2.21. The van der Waals surface area contributed by atoms with E-state index in [1.54, 1.807) is 12.0 Å². The lowest BCUT2D eigenvalue weighted by Gasteiger charge is -2.20. The Labute approximate surface area is 161 Å². The zero-order chi connectivity index (χ0) is 19.4. The molecule has 0 spiro atoms. The van der Waals surface area contributed by atoms with Crippen molar-refractivity contribution in [1.29, 1.82) is 0 Å². The lowest BCUT2D eigenvalue weighted by atomic mass is 10.2. The Hall–Kier alpha value is -3.01. The molecule has 0 radical (unpaired) electrons. The van der Waals surface area contributed by atoms with Crippen LogP contribution in [-0.2, 0) is 13.1 Å². The molecule has 140 valence electrons. The molecule has 0 aliphatic rings. The van der Waals surface area contributed by atoms with Crippen LogP contribution in [0, 0.1) is 13.8 Å². The number of nitrogens with zero attached hydrogens (tertiary/aromatic N) is 2. The average molecular weight is 362 g/mol. The molecule has 0 aliphatic carbocycles. The maximum atomic E-state index is 13.2. The molecule has 3 rings (SSSR count). The monoisotopic (exact) mass is 362 g/mol. The van der Waals surface area contributed by atoms with Gasteiger partial charge >= 0.3 is 0 Å². The number of benzene rings is 2. The van der Waals surface area contributed by atoms with Gasteiger partial charge in [0, 0.05) is 25.8 Å². The summed E-state index contributed by atoms with van der Waals surface area (Å²) in [4.78, 5) is 15.0. The standard InChI is InChI=1S/C23H26N2O2/c1-17-13-18(2)25(16-20-11-8-12-21(14-20)27-4)22(17)23(26)24(3)15-19-9-6-5-7-10-19/h5-14H,15-16H2,1-4H3. The lowest BCUT2D eigenvalue weighted by Crippen LogP contribution is -2.29. The first-order chi connectivity index (χ1) is 13.0. The second-order valence-corrected chi connectivity index (χ2v) is 6.90. The van der Waals surface area contributed by atoms with Crippen molar-refractivity contribution in [2.75, 3.05) is 14.2 Å². The second kappa shape index (κ2) is 8.12. The summed E-state index contributed by atoms with van der Waals surface area (Å²) in [5, 5.41) is 0. The van der Waals surface area contributed by atoms with Crippen molar-refractivity contribution in [2.45, 2.75) is 26.9 Å². The van der Waals surface area contributed by atoms with E-state index in [0.29, 0.717) is 13.1 Å². The summed E-state index contributed by atoms with van der Waals surface area (Å²) in [7, 11) is 3.52. The fourth-order valence-corrected chi connectivity index (χ4v) is 3.40. The van der Waals surface area contributed by atoms with Gasteiger partial charge in [-0.1, -0.05) is 42.5 Å². The van der Waals surface area contributed by atoms with Gasteiger partial charge in [-0.15, -0.1) is 0 Å². The van der Waals surface area contributed by atoms with Crippen LogP contribution in [-0.4, -0.2) is 29.5 Å². The zero-order valence-corrected chi connectivity index (χ0v) is 16.4. The van der Waals surface area contributed by atoms with E-state index < -0.39 is 0 Å². The molecule has 1 amide bonds. The Bertz CT molecular complexity index is 929. The predicted molar refractivity (Wildman–Crippen MR) is 108 cm³/mol. The zero-order valence-electron chi connectivity index (χ0n) is 16.4. The maximum absolute atomic E-state index is 13.2. The third kappa shape index (κ3) is 4.22. The molecule has 0 saturated heterocycles. The van der Waals surface area contributed by atoms with E-state index in [2.05, 4.69) is 16.7 Å². The summed E-state index contributed by atoms with van der Waals surface area (Å²) in [5.74, 6) is 0.857. The van der Waals surface area contributed by atoms with Gasteiger partial charge in [-0.05, 0) is 48.7 Å². The molecule has 0 bridgehead atoms. The largest absolute Gasteiger partial charge is 0.497 e. The highest BCUT2D eigenvalue weighted by molar-refractivity contribution is 5.94. The number of hydrogen-bond donors (Lipinski definition) is 0. The van der Waals surface area contributed by atoms with Crippen LogP contribution in [0.4, 0.5) is 0 Å². The number of hydrogen-bond acceptors (Lipinski definition) is 2. The summed E-state index contributed by atoms with van der Waals surface area (Å²) in [5.41, 5.74) is 5.04. The molecular formula is C23H26N2O2. The summed E-state index contributed by atoms with van der Waals surface area (Å²) in [6, 6.07) is 20.1. The maximum Gasteiger partial charge on any atom is 0.270 e. The van der Waals surface area contributed by atoms with Crippen LogP contribution >= 0.6 is 0 Å². The average Bonchev–Trinajstić information content (AvgIpc) is 2.95. The molecule has 3 aromatic rings. The van der Waals surface area contributed by atoms with Crippen molar-refractivity contribution in [3.8, 4) is 5.75 Å². The predicted octanol–water partition coefficient (Wildman–Crippen LogP) is 4.43.